The first-order valence-corrected chi connectivity index (χ1v) is 13.5. The number of aromatic hydroxyl groups is 1. The molecule has 2 rings (SSSR count). The predicted octanol–water partition coefficient (Wildman–Crippen LogP) is 4.57. The Morgan fingerprint density at radius 1 is 1.03 bits per heavy atom. The highest BCUT2D eigenvalue weighted by atomic mass is 32.2. The molecule has 0 amide bonds. The third-order valence-electron chi connectivity index (χ3n) is 4.45. The van der Waals surface area contributed by atoms with Crippen LogP contribution < -0.4 is 9.46 Å². The Kier molecular flexibility index (Phi) is 8.54. The fraction of sp³-hybridized carbons (Fsp3) is 0.429. The summed E-state index contributed by atoms with van der Waals surface area (Å²) < 4.78 is 54.1. The van der Waals surface area contributed by atoms with Gasteiger partial charge in [-0.3, -0.25) is 9.29 Å². The van der Waals surface area contributed by atoms with E-state index in [1.807, 2.05) is 26.0 Å². The zero-order valence-electron chi connectivity index (χ0n) is 18.5. The molecule has 0 atom stereocenters. The van der Waals surface area contributed by atoms with Crippen LogP contribution in [0.15, 0.2) is 30.3 Å². The van der Waals surface area contributed by atoms with Crippen LogP contribution in [0.2, 0.25) is 0 Å². The van der Waals surface area contributed by atoms with Crippen LogP contribution in [0.5, 0.6) is 11.5 Å². The van der Waals surface area contributed by atoms with E-state index in [2.05, 4.69) is 4.72 Å². The molecule has 0 aliphatic carbocycles. The Hall–Kier alpha value is -2.06. The van der Waals surface area contributed by atoms with E-state index in [1.165, 1.54) is 6.07 Å². The van der Waals surface area contributed by atoms with Crippen LogP contribution >= 0.6 is 7.60 Å². The molecule has 2 N–H and O–H groups in total. The molecule has 0 unspecified atom stereocenters. The molecule has 8 nitrogen and oxygen atoms in total. The molecule has 0 spiro atoms. The second kappa shape index (κ2) is 10.5. The Bertz CT molecular complexity index is 1040. The van der Waals surface area contributed by atoms with Crippen LogP contribution in [0.3, 0.4) is 0 Å². The Balaban J connectivity index is 2.21. The normalized spacial score (nSPS) is 12.0. The van der Waals surface area contributed by atoms with Crippen molar-refractivity contribution >= 4 is 23.3 Å². The third kappa shape index (κ3) is 7.54. The van der Waals surface area contributed by atoms with Gasteiger partial charge in [0.15, 0.2) is 6.35 Å². The molecule has 10 heteroatoms. The van der Waals surface area contributed by atoms with Crippen molar-refractivity contribution in [3.63, 3.8) is 0 Å². The molecule has 0 aliphatic rings. The molecule has 0 heterocycles. The number of aryl methyl sites for hydroxylation is 2. The molecule has 172 valence electrons. The zero-order valence-corrected chi connectivity index (χ0v) is 20.2. The lowest BCUT2D eigenvalue weighted by molar-refractivity contribution is 0.197. The van der Waals surface area contributed by atoms with Crippen molar-refractivity contribution in [1.29, 1.82) is 0 Å². The summed E-state index contributed by atoms with van der Waals surface area (Å²) in [5.74, 6) is 0.419. The van der Waals surface area contributed by atoms with Gasteiger partial charge in [0.2, 0.25) is 10.0 Å². The van der Waals surface area contributed by atoms with E-state index in [0.717, 1.165) is 28.5 Å². The van der Waals surface area contributed by atoms with Gasteiger partial charge in [-0.05, 0) is 80.6 Å². The molecule has 0 bridgehead atoms. The lowest BCUT2D eigenvalue weighted by Gasteiger charge is -2.19. The quantitative estimate of drug-likeness (QED) is 0.365. The summed E-state index contributed by atoms with van der Waals surface area (Å²) in [7, 11) is -6.82. The average molecular weight is 472 g/mol. The van der Waals surface area contributed by atoms with Gasteiger partial charge in [-0.15, -0.1) is 0 Å². The van der Waals surface area contributed by atoms with Crippen molar-refractivity contribution < 1.29 is 31.9 Å². The van der Waals surface area contributed by atoms with Gasteiger partial charge in [0.1, 0.15) is 11.5 Å². The average Bonchev–Trinajstić information content (AvgIpc) is 2.65. The Labute approximate surface area is 184 Å². The number of ether oxygens (including phenoxy) is 1. The van der Waals surface area contributed by atoms with E-state index in [-0.39, 0.29) is 31.0 Å². The SMILES string of the molecule is CCOP(=O)(COc1cc(C)c(Cc2ccc(O)c(NS(C)(=O)=O)c2)c(C)c1)OCC. The highest BCUT2D eigenvalue weighted by Crippen LogP contribution is 2.48. The monoisotopic (exact) mass is 471 g/mol. The van der Waals surface area contributed by atoms with Gasteiger partial charge < -0.3 is 18.9 Å². The topological polar surface area (TPSA) is 111 Å². The molecule has 0 radical (unpaired) electrons. The largest absolute Gasteiger partial charge is 0.506 e. The van der Waals surface area contributed by atoms with Crippen LogP contribution in [0.1, 0.15) is 36.1 Å². The standard InChI is InChI=1S/C21H30NO7PS/c1-6-28-30(24,29-7-2)14-27-18-10-15(3)19(16(4)11-18)12-17-8-9-21(23)20(13-17)22-31(5,25)26/h8-11,13,22-23H,6-7,12,14H2,1-5H3. The van der Waals surface area contributed by atoms with Crippen molar-refractivity contribution in [2.24, 2.45) is 0 Å². The summed E-state index contributed by atoms with van der Waals surface area (Å²) in [6.07, 6.45) is 1.39. The molecule has 0 fully saturated rings. The Morgan fingerprint density at radius 3 is 2.13 bits per heavy atom. The number of phenolic OH excluding ortho intramolecular Hbond substituents is 1. The number of nitrogens with one attached hydrogen (secondary N) is 1. The van der Waals surface area contributed by atoms with E-state index in [0.29, 0.717) is 12.2 Å². The number of hydrogen-bond acceptors (Lipinski definition) is 7. The van der Waals surface area contributed by atoms with Crippen LogP contribution in [0.4, 0.5) is 5.69 Å². The fourth-order valence-electron chi connectivity index (χ4n) is 3.15. The van der Waals surface area contributed by atoms with Gasteiger partial charge in [-0.25, -0.2) is 8.42 Å². The van der Waals surface area contributed by atoms with Crippen LogP contribution in [-0.4, -0.2) is 39.3 Å². The van der Waals surface area contributed by atoms with Crippen molar-refractivity contribution in [2.45, 2.75) is 34.1 Å². The maximum absolute atomic E-state index is 12.6. The van der Waals surface area contributed by atoms with Crippen molar-refractivity contribution in [2.75, 3.05) is 30.5 Å². The highest BCUT2D eigenvalue weighted by Gasteiger charge is 2.25. The Morgan fingerprint density at radius 2 is 1.61 bits per heavy atom. The van der Waals surface area contributed by atoms with Crippen molar-refractivity contribution in [1.82, 2.24) is 0 Å². The molecule has 0 aromatic heterocycles. The minimum Gasteiger partial charge on any atom is -0.506 e. The van der Waals surface area contributed by atoms with Gasteiger partial charge in [-0.2, -0.15) is 0 Å². The first-order valence-electron chi connectivity index (χ1n) is 9.87. The summed E-state index contributed by atoms with van der Waals surface area (Å²) in [5, 5.41) is 9.92. The van der Waals surface area contributed by atoms with Gasteiger partial charge >= 0.3 is 7.60 Å². The minimum atomic E-state index is -3.51. The van der Waals surface area contributed by atoms with Gasteiger partial charge in [0.25, 0.3) is 0 Å². The summed E-state index contributed by atoms with van der Waals surface area (Å²) in [5.41, 5.74) is 3.94. The molecule has 2 aromatic rings. The highest BCUT2D eigenvalue weighted by molar-refractivity contribution is 7.92. The summed E-state index contributed by atoms with van der Waals surface area (Å²) in [6, 6.07) is 8.51. The summed E-state index contributed by atoms with van der Waals surface area (Å²) in [4.78, 5) is 0. The second-order valence-electron chi connectivity index (χ2n) is 7.16. The molecule has 0 saturated carbocycles. The number of sulfonamides is 1. The van der Waals surface area contributed by atoms with E-state index < -0.39 is 17.6 Å². The molecule has 0 aliphatic heterocycles. The molecule has 2 aromatic carbocycles. The first kappa shape index (κ1) is 25.2. The van der Waals surface area contributed by atoms with E-state index in [4.69, 9.17) is 13.8 Å². The van der Waals surface area contributed by atoms with Gasteiger partial charge in [0.05, 0.1) is 25.2 Å². The number of anilines is 1. The molecule has 31 heavy (non-hydrogen) atoms. The summed E-state index contributed by atoms with van der Waals surface area (Å²) >= 11 is 0. The second-order valence-corrected chi connectivity index (χ2v) is 10.9. The smallest absolute Gasteiger partial charge is 0.367 e. The summed E-state index contributed by atoms with van der Waals surface area (Å²) in [6.45, 7) is 7.90. The minimum absolute atomic E-state index is 0.137. The number of rotatable bonds is 11. The van der Waals surface area contributed by atoms with Crippen molar-refractivity contribution in [3.05, 3.63) is 52.6 Å². The zero-order chi connectivity index (χ0) is 23.2. The predicted molar refractivity (Wildman–Crippen MR) is 122 cm³/mol. The maximum atomic E-state index is 12.6. The molecular formula is C21H30NO7PS. The number of phenols is 1. The third-order valence-corrected chi connectivity index (χ3v) is 6.79. The lowest BCUT2D eigenvalue weighted by atomic mass is 9.95. The fourth-order valence-corrected chi connectivity index (χ4v) is 5.03. The lowest BCUT2D eigenvalue weighted by Crippen LogP contribution is -2.10. The molecular weight excluding hydrogens is 441 g/mol. The number of benzene rings is 2. The van der Waals surface area contributed by atoms with Crippen LogP contribution in [0.25, 0.3) is 0 Å². The van der Waals surface area contributed by atoms with Gasteiger partial charge in [-0.1, -0.05) is 6.07 Å². The number of hydrogen-bond donors (Lipinski definition) is 2. The van der Waals surface area contributed by atoms with E-state index in [9.17, 15) is 18.1 Å². The van der Waals surface area contributed by atoms with Crippen LogP contribution in [-0.2, 0) is 30.1 Å². The molecule has 0 saturated heterocycles. The van der Waals surface area contributed by atoms with E-state index in [1.54, 1.807) is 26.0 Å². The first-order chi connectivity index (χ1) is 14.5. The van der Waals surface area contributed by atoms with Crippen molar-refractivity contribution in [3.8, 4) is 11.5 Å². The van der Waals surface area contributed by atoms with E-state index >= 15 is 0 Å². The van der Waals surface area contributed by atoms with Gasteiger partial charge in [0, 0.05) is 0 Å². The van der Waals surface area contributed by atoms with Crippen LogP contribution in [0, 0.1) is 13.8 Å². The maximum Gasteiger partial charge on any atom is 0.367 e.